The monoisotopic (exact) mass is 417 g/mol. The number of halogens is 1. The van der Waals surface area contributed by atoms with Gasteiger partial charge in [0.2, 0.25) is 0 Å². The molecule has 0 spiro atoms. The van der Waals surface area contributed by atoms with Gasteiger partial charge in [-0.2, -0.15) is 12.8 Å². The Morgan fingerprint density at radius 3 is 2.52 bits per heavy atom. The van der Waals surface area contributed by atoms with E-state index in [0.29, 0.717) is 11.3 Å². The molecule has 1 fully saturated rings. The molecule has 8 heteroatoms. The quantitative estimate of drug-likeness (QED) is 0.729. The molecule has 0 atom stereocenters. The molecule has 3 rings (SSSR count). The number of anilines is 1. The predicted molar refractivity (Wildman–Crippen MR) is 111 cm³/mol. The first-order chi connectivity index (χ1) is 13.8. The Bertz CT molecular complexity index is 1040. The number of piperidine rings is 1. The summed E-state index contributed by atoms with van der Waals surface area (Å²) in [6.45, 7) is 5.12. The van der Waals surface area contributed by atoms with Crippen LogP contribution in [0.5, 0.6) is 0 Å². The summed E-state index contributed by atoms with van der Waals surface area (Å²) >= 11 is 0. The van der Waals surface area contributed by atoms with Crippen molar-refractivity contribution in [1.29, 1.82) is 0 Å². The average Bonchev–Trinajstić information content (AvgIpc) is 2.70. The second-order valence-corrected chi connectivity index (χ2v) is 8.75. The van der Waals surface area contributed by atoms with Gasteiger partial charge < -0.3 is 10.6 Å². The van der Waals surface area contributed by atoms with Gasteiger partial charge in [-0.3, -0.25) is 4.79 Å². The molecule has 1 saturated heterocycles. The Hall–Kier alpha value is -2.58. The van der Waals surface area contributed by atoms with E-state index < -0.39 is 21.7 Å². The first kappa shape index (κ1) is 21.1. The maximum atomic E-state index is 14.5. The van der Waals surface area contributed by atoms with Crippen molar-refractivity contribution in [1.82, 2.24) is 5.32 Å². The van der Waals surface area contributed by atoms with Crippen LogP contribution in [0.4, 0.5) is 10.1 Å². The summed E-state index contributed by atoms with van der Waals surface area (Å²) in [4.78, 5) is 12.1. The van der Waals surface area contributed by atoms with Gasteiger partial charge in [-0.1, -0.05) is 18.2 Å². The van der Waals surface area contributed by atoms with Crippen LogP contribution >= 0.6 is 0 Å². The fourth-order valence-electron chi connectivity index (χ4n) is 3.33. The van der Waals surface area contributed by atoms with Crippen LogP contribution in [0.15, 0.2) is 51.8 Å². The maximum absolute atomic E-state index is 14.5. The van der Waals surface area contributed by atoms with Crippen LogP contribution in [0.3, 0.4) is 0 Å². The van der Waals surface area contributed by atoms with Gasteiger partial charge in [0.05, 0.1) is 10.6 Å². The summed E-state index contributed by atoms with van der Waals surface area (Å²) in [5.41, 5.74) is 1.62. The molecule has 0 bridgehead atoms. The smallest absolute Gasteiger partial charge is 0.282 e. The summed E-state index contributed by atoms with van der Waals surface area (Å²) in [7, 11) is -4.02. The minimum atomic E-state index is -4.02. The average molecular weight is 418 g/mol. The number of carbonyl (C=O) groups is 1. The molecule has 2 aromatic rings. The zero-order chi connectivity index (χ0) is 21.0. The molecule has 29 heavy (non-hydrogen) atoms. The lowest BCUT2D eigenvalue weighted by Gasteiger charge is -2.22. The van der Waals surface area contributed by atoms with E-state index in [1.807, 2.05) is 0 Å². The van der Waals surface area contributed by atoms with Crippen molar-refractivity contribution in [3.05, 3.63) is 59.4 Å². The highest BCUT2D eigenvalue weighted by atomic mass is 32.2. The van der Waals surface area contributed by atoms with Crippen LogP contribution < -0.4 is 10.6 Å². The summed E-state index contributed by atoms with van der Waals surface area (Å²) in [5, 5.41) is 5.71. The van der Waals surface area contributed by atoms with Gasteiger partial charge in [0.15, 0.2) is 0 Å². The van der Waals surface area contributed by atoms with Crippen molar-refractivity contribution in [2.45, 2.75) is 31.6 Å². The number of rotatable bonds is 5. The highest BCUT2D eigenvalue weighted by Gasteiger charge is 2.21. The Morgan fingerprint density at radius 2 is 1.86 bits per heavy atom. The molecule has 154 valence electrons. The SMILES string of the molecule is C/C(=N/S(=O)(=O)c1ccc(NC(=O)c2ccccc2C)c(F)c1)C1CCNCC1. The van der Waals surface area contributed by atoms with Crippen molar-refractivity contribution in [2.75, 3.05) is 18.4 Å². The lowest BCUT2D eigenvalue weighted by atomic mass is 9.94. The van der Waals surface area contributed by atoms with Gasteiger partial charge in [0, 0.05) is 17.2 Å². The number of aryl methyl sites for hydroxylation is 1. The van der Waals surface area contributed by atoms with Crippen LogP contribution in [-0.4, -0.2) is 33.1 Å². The van der Waals surface area contributed by atoms with Crippen molar-refractivity contribution in [3.63, 3.8) is 0 Å². The second kappa shape index (κ2) is 8.84. The van der Waals surface area contributed by atoms with Gasteiger partial charge in [-0.15, -0.1) is 0 Å². The molecule has 2 N–H and O–H groups in total. The molecule has 6 nitrogen and oxygen atoms in total. The number of amides is 1. The molecule has 1 aliphatic rings. The largest absolute Gasteiger partial charge is 0.319 e. The van der Waals surface area contributed by atoms with E-state index >= 15 is 0 Å². The Morgan fingerprint density at radius 1 is 1.17 bits per heavy atom. The normalized spacial score (nSPS) is 15.9. The molecule has 0 radical (unpaired) electrons. The lowest BCUT2D eigenvalue weighted by molar-refractivity contribution is 0.102. The number of benzene rings is 2. The van der Waals surface area contributed by atoms with Crippen LogP contribution in [-0.2, 0) is 10.0 Å². The molecule has 0 saturated carbocycles. The van der Waals surface area contributed by atoms with Crippen molar-refractivity contribution >= 4 is 27.3 Å². The van der Waals surface area contributed by atoms with Crippen molar-refractivity contribution in [2.24, 2.45) is 10.3 Å². The van der Waals surface area contributed by atoms with E-state index in [-0.39, 0.29) is 16.5 Å². The molecule has 1 heterocycles. The number of nitrogens with zero attached hydrogens (tertiary/aromatic N) is 1. The fraction of sp³-hybridized carbons (Fsp3) is 0.333. The van der Waals surface area contributed by atoms with Crippen LogP contribution in [0.2, 0.25) is 0 Å². The molecule has 1 aliphatic heterocycles. The van der Waals surface area contributed by atoms with E-state index in [1.54, 1.807) is 38.1 Å². The Labute approximate surface area is 170 Å². The molecular weight excluding hydrogens is 393 g/mol. The first-order valence-corrected chi connectivity index (χ1v) is 10.9. The molecule has 0 aliphatic carbocycles. The summed E-state index contributed by atoms with van der Waals surface area (Å²) in [5.74, 6) is -1.19. The number of hydrogen-bond donors (Lipinski definition) is 2. The maximum Gasteiger partial charge on any atom is 0.282 e. The number of hydrogen-bond acceptors (Lipinski definition) is 4. The lowest BCUT2D eigenvalue weighted by Crippen LogP contribution is -2.31. The van der Waals surface area contributed by atoms with Gasteiger partial charge in [-0.05, 0) is 69.6 Å². The number of carbonyl (C=O) groups excluding carboxylic acids is 1. The van der Waals surface area contributed by atoms with Gasteiger partial charge in [0.1, 0.15) is 5.82 Å². The van der Waals surface area contributed by atoms with Crippen molar-refractivity contribution in [3.8, 4) is 0 Å². The van der Waals surface area contributed by atoms with E-state index in [1.165, 1.54) is 12.1 Å². The third-order valence-corrected chi connectivity index (χ3v) is 6.45. The van der Waals surface area contributed by atoms with E-state index in [9.17, 15) is 17.6 Å². The molecule has 0 unspecified atom stereocenters. The van der Waals surface area contributed by atoms with E-state index in [2.05, 4.69) is 15.0 Å². The third kappa shape index (κ3) is 5.07. The zero-order valence-corrected chi connectivity index (χ0v) is 17.2. The summed E-state index contributed by atoms with van der Waals surface area (Å²) < 4.78 is 43.6. The Kier molecular flexibility index (Phi) is 6.44. The third-order valence-electron chi connectivity index (χ3n) is 5.07. The van der Waals surface area contributed by atoms with Crippen molar-refractivity contribution < 1.29 is 17.6 Å². The minimum absolute atomic E-state index is 0.0868. The highest BCUT2D eigenvalue weighted by Crippen LogP contribution is 2.23. The molecule has 1 amide bonds. The zero-order valence-electron chi connectivity index (χ0n) is 16.4. The van der Waals surface area contributed by atoms with Gasteiger partial charge in [-0.25, -0.2) is 4.39 Å². The fourth-order valence-corrected chi connectivity index (χ4v) is 4.46. The highest BCUT2D eigenvalue weighted by molar-refractivity contribution is 7.90. The molecule has 2 aromatic carbocycles. The summed E-state index contributed by atoms with van der Waals surface area (Å²) in [6.07, 6.45) is 1.65. The number of nitrogens with one attached hydrogen (secondary N) is 2. The number of sulfonamides is 1. The molecule has 0 aromatic heterocycles. The first-order valence-electron chi connectivity index (χ1n) is 9.46. The standard InChI is InChI=1S/C21H24FN3O3S/c1-14-5-3-4-6-18(14)21(26)24-20-8-7-17(13-19(20)22)29(27,28)25-15(2)16-9-11-23-12-10-16/h3-8,13,16,23H,9-12H2,1-2H3,(H,24,26)/b25-15-. The second-order valence-electron chi connectivity index (χ2n) is 7.14. The van der Waals surface area contributed by atoms with Gasteiger partial charge in [0.25, 0.3) is 15.9 Å². The Balaban J connectivity index is 1.79. The van der Waals surface area contributed by atoms with Crippen LogP contribution in [0, 0.1) is 18.7 Å². The predicted octanol–water partition coefficient (Wildman–Crippen LogP) is 3.54. The summed E-state index contributed by atoms with van der Waals surface area (Å²) in [6, 6.07) is 10.3. The van der Waals surface area contributed by atoms with Crippen LogP contribution in [0.1, 0.15) is 35.7 Å². The topological polar surface area (TPSA) is 87.6 Å². The molecular formula is C21H24FN3O3S. The van der Waals surface area contributed by atoms with Crippen LogP contribution in [0.25, 0.3) is 0 Å². The van der Waals surface area contributed by atoms with E-state index in [0.717, 1.165) is 37.6 Å². The minimum Gasteiger partial charge on any atom is -0.319 e. The van der Waals surface area contributed by atoms with E-state index in [4.69, 9.17) is 0 Å². The van der Waals surface area contributed by atoms with Gasteiger partial charge >= 0.3 is 0 Å².